The van der Waals surface area contributed by atoms with Crippen LogP contribution in [0.5, 0.6) is 0 Å². The molecule has 0 aliphatic heterocycles. The molecule has 0 saturated heterocycles. The van der Waals surface area contributed by atoms with Crippen molar-refractivity contribution in [1.82, 2.24) is 4.72 Å². The van der Waals surface area contributed by atoms with Crippen LogP contribution in [0.2, 0.25) is 0 Å². The molecule has 0 saturated carbocycles. The maximum atomic E-state index is 12.9. The molecule has 0 spiro atoms. The fourth-order valence-electron chi connectivity index (χ4n) is 3.10. The molecule has 0 aromatic heterocycles. The summed E-state index contributed by atoms with van der Waals surface area (Å²) < 4.78 is 28.1. The van der Waals surface area contributed by atoms with E-state index >= 15 is 0 Å². The van der Waals surface area contributed by atoms with Gasteiger partial charge in [0.05, 0.1) is 4.90 Å². The first-order valence-electron chi connectivity index (χ1n) is 10.8. The van der Waals surface area contributed by atoms with Crippen LogP contribution < -0.4 is 15.4 Å². The third-order valence-corrected chi connectivity index (χ3v) is 6.17. The molecule has 3 N–H and O–H groups in total. The highest BCUT2D eigenvalue weighted by Gasteiger charge is 2.26. The Hall–Kier alpha value is -2.71. The van der Waals surface area contributed by atoms with Crippen LogP contribution in [0.1, 0.15) is 46.1 Å². The minimum Gasteiger partial charge on any atom is -0.326 e. The number of anilines is 2. The summed E-state index contributed by atoms with van der Waals surface area (Å²) in [4.78, 5) is 24.9. The van der Waals surface area contributed by atoms with Gasteiger partial charge >= 0.3 is 0 Å². The molecule has 0 unspecified atom stereocenters. The summed E-state index contributed by atoms with van der Waals surface area (Å²) in [5.74, 6) is -0.148. The number of sulfonamides is 1. The number of aryl methyl sites for hydroxylation is 1. The van der Waals surface area contributed by atoms with E-state index in [0.29, 0.717) is 24.2 Å². The van der Waals surface area contributed by atoms with Crippen molar-refractivity contribution in [2.45, 2.75) is 58.4 Å². The molecule has 0 bridgehead atoms. The van der Waals surface area contributed by atoms with E-state index in [0.717, 1.165) is 5.56 Å². The van der Waals surface area contributed by atoms with Crippen LogP contribution in [0, 0.1) is 18.8 Å². The zero-order chi connectivity index (χ0) is 23.9. The Kier molecular flexibility index (Phi) is 8.98. The van der Waals surface area contributed by atoms with Crippen LogP contribution in [-0.4, -0.2) is 26.3 Å². The molecule has 32 heavy (non-hydrogen) atoms. The highest BCUT2D eigenvalue weighted by molar-refractivity contribution is 7.89. The van der Waals surface area contributed by atoms with Gasteiger partial charge in [0.15, 0.2) is 0 Å². The van der Waals surface area contributed by atoms with Crippen LogP contribution in [0.4, 0.5) is 11.4 Å². The van der Waals surface area contributed by atoms with Gasteiger partial charge in [-0.2, -0.15) is 4.72 Å². The van der Waals surface area contributed by atoms with Gasteiger partial charge in [-0.25, -0.2) is 8.42 Å². The predicted molar refractivity (Wildman–Crippen MR) is 128 cm³/mol. The van der Waals surface area contributed by atoms with Crippen molar-refractivity contribution >= 4 is 33.2 Å². The summed E-state index contributed by atoms with van der Waals surface area (Å²) in [6, 6.07) is 12.3. The van der Waals surface area contributed by atoms with Crippen molar-refractivity contribution in [3.63, 3.8) is 0 Å². The van der Waals surface area contributed by atoms with Crippen molar-refractivity contribution in [1.29, 1.82) is 0 Å². The molecule has 2 rings (SSSR count). The molecule has 0 heterocycles. The number of hydrogen-bond acceptors (Lipinski definition) is 4. The zero-order valence-electron chi connectivity index (χ0n) is 19.3. The highest BCUT2D eigenvalue weighted by atomic mass is 32.2. The summed E-state index contributed by atoms with van der Waals surface area (Å²) in [5.41, 5.74) is 2.09. The fraction of sp³-hybridized carbons (Fsp3) is 0.417. The maximum absolute atomic E-state index is 12.9. The first kappa shape index (κ1) is 25.5. The van der Waals surface area contributed by atoms with Gasteiger partial charge in [0.25, 0.3) is 0 Å². The number of rotatable bonds is 10. The second-order valence-corrected chi connectivity index (χ2v) is 10.5. The van der Waals surface area contributed by atoms with Crippen molar-refractivity contribution in [3.05, 3.63) is 54.1 Å². The summed E-state index contributed by atoms with van der Waals surface area (Å²) in [6.45, 7) is 9.67. The molecular formula is C24H33N3O4S. The van der Waals surface area contributed by atoms with E-state index in [1.165, 1.54) is 12.1 Å². The van der Waals surface area contributed by atoms with Crippen LogP contribution in [-0.2, 0) is 19.6 Å². The van der Waals surface area contributed by atoms with E-state index in [4.69, 9.17) is 0 Å². The maximum Gasteiger partial charge on any atom is 0.242 e. The lowest BCUT2D eigenvalue weighted by atomic mass is 10.0. The van der Waals surface area contributed by atoms with Crippen LogP contribution in [0.3, 0.4) is 0 Å². The van der Waals surface area contributed by atoms with Crippen molar-refractivity contribution in [2.24, 2.45) is 11.8 Å². The van der Waals surface area contributed by atoms with Gasteiger partial charge in [0.2, 0.25) is 21.8 Å². The Labute approximate surface area is 191 Å². The lowest BCUT2D eigenvalue weighted by Gasteiger charge is -2.20. The Balaban J connectivity index is 2.09. The Morgan fingerprint density at radius 3 is 1.84 bits per heavy atom. The van der Waals surface area contributed by atoms with Crippen LogP contribution in [0.25, 0.3) is 0 Å². The van der Waals surface area contributed by atoms with E-state index in [1.807, 2.05) is 34.6 Å². The summed E-state index contributed by atoms with van der Waals surface area (Å²) >= 11 is 0. The molecule has 0 aliphatic carbocycles. The molecule has 2 aromatic carbocycles. The number of carbonyl (C=O) groups excluding carboxylic acids is 2. The van der Waals surface area contributed by atoms with Gasteiger partial charge in [-0.1, -0.05) is 45.4 Å². The number of hydrogen-bond donors (Lipinski definition) is 3. The van der Waals surface area contributed by atoms with Crippen LogP contribution >= 0.6 is 0 Å². The largest absolute Gasteiger partial charge is 0.326 e. The molecular weight excluding hydrogens is 426 g/mol. The first-order chi connectivity index (χ1) is 15.0. The minimum atomic E-state index is -3.85. The summed E-state index contributed by atoms with van der Waals surface area (Å²) in [7, 11) is -3.85. The molecule has 174 valence electrons. The number of amides is 2. The third-order valence-electron chi connectivity index (χ3n) is 4.68. The molecule has 1 atom stereocenters. The molecule has 2 amide bonds. The van der Waals surface area contributed by atoms with Crippen molar-refractivity contribution in [2.75, 3.05) is 10.6 Å². The monoisotopic (exact) mass is 459 g/mol. The second-order valence-electron chi connectivity index (χ2n) is 8.83. The van der Waals surface area contributed by atoms with Gasteiger partial charge in [-0.05, 0) is 61.6 Å². The molecule has 2 aromatic rings. The van der Waals surface area contributed by atoms with Crippen molar-refractivity contribution < 1.29 is 18.0 Å². The molecule has 0 fully saturated rings. The topological polar surface area (TPSA) is 104 Å². The SMILES string of the molecule is Cc1ccc(S(=O)(=O)N[C@@H](CC(C)C)C(=O)Nc2ccc(NC(=O)CC(C)C)cc2)cc1. The number of benzene rings is 2. The summed E-state index contributed by atoms with van der Waals surface area (Å²) in [5, 5.41) is 5.58. The van der Waals surface area contributed by atoms with Gasteiger partial charge in [0, 0.05) is 17.8 Å². The zero-order valence-corrected chi connectivity index (χ0v) is 20.1. The lowest BCUT2D eigenvalue weighted by Crippen LogP contribution is -2.44. The lowest BCUT2D eigenvalue weighted by molar-refractivity contribution is -0.118. The molecule has 0 aliphatic rings. The third kappa shape index (κ3) is 8.09. The van der Waals surface area contributed by atoms with Gasteiger partial charge < -0.3 is 10.6 Å². The molecule has 7 nitrogen and oxygen atoms in total. The average Bonchev–Trinajstić information content (AvgIpc) is 2.68. The quantitative estimate of drug-likeness (QED) is 0.492. The predicted octanol–water partition coefficient (Wildman–Crippen LogP) is 4.31. The van der Waals surface area contributed by atoms with Crippen LogP contribution in [0.15, 0.2) is 53.4 Å². The summed E-state index contributed by atoms with van der Waals surface area (Å²) in [6.07, 6.45) is 0.775. The Morgan fingerprint density at radius 2 is 1.34 bits per heavy atom. The number of carbonyl (C=O) groups is 2. The highest BCUT2D eigenvalue weighted by Crippen LogP contribution is 2.17. The van der Waals surface area contributed by atoms with E-state index < -0.39 is 22.0 Å². The smallest absolute Gasteiger partial charge is 0.242 e. The Morgan fingerprint density at radius 1 is 0.812 bits per heavy atom. The standard InChI is InChI=1S/C24H33N3O4S/c1-16(2)14-22(27-32(30,31)21-12-6-18(5)7-13-21)24(29)26-20-10-8-19(9-11-20)25-23(28)15-17(3)4/h6-13,16-17,22,27H,14-15H2,1-5H3,(H,25,28)(H,26,29)/t22-/m0/s1. The van der Waals surface area contributed by atoms with E-state index in [1.54, 1.807) is 36.4 Å². The second kappa shape index (κ2) is 11.2. The van der Waals surface area contributed by atoms with Gasteiger partial charge in [-0.3, -0.25) is 9.59 Å². The van der Waals surface area contributed by atoms with Gasteiger partial charge in [-0.15, -0.1) is 0 Å². The average molecular weight is 460 g/mol. The first-order valence-corrected chi connectivity index (χ1v) is 12.2. The fourth-order valence-corrected chi connectivity index (χ4v) is 4.31. The molecule has 0 radical (unpaired) electrons. The van der Waals surface area contributed by atoms with E-state index in [2.05, 4.69) is 15.4 Å². The normalized spacial score (nSPS) is 12.6. The Bertz CT molecular complexity index is 1010. The number of nitrogens with one attached hydrogen (secondary N) is 3. The van der Waals surface area contributed by atoms with Crippen molar-refractivity contribution in [3.8, 4) is 0 Å². The van der Waals surface area contributed by atoms with Gasteiger partial charge in [0.1, 0.15) is 6.04 Å². The van der Waals surface area contributed by atoms with E-state index in [-0.39, 0.29) is 22.6 Å². The molecule has 8 heteroatoms. The minimum absolute atomic E-state index is 0.0701. The van der Waals surface area contributed by atoms with E-state index in [9.17, 15) is 18.0 Å².